The highest BCUT2D eigenvalue weighted by Gasteiger charge is 2.63. The minimum atomic E-state index is -3.25. The largest absolute Gasteiger partial charge is 0.369 e. The summed E-state index contributed by atoms with van der Waals surface area (Å²) in [7, 11) is -3.25. The number of ketones is 1. The summed E-state index contributed by atoms with van der Waals surface area (Å²) in [6.07, 6.45) is 3.03. The Morgan fingerprint density at radius 1 is 1.46 bits per heavy atom. The van der Waals surface area contributed by atoms with Crippen LogP contribution in [0.2, 0.25) is 0 Å². The van der Waals surface area contributed by atoms with Crippen LogP contribution in [0.5, 0.6) is 0 Å². The Bertz CT molecular complexity index is 864. The van der Waals surface area contributed by atoms with Crippen LogP contribution >= 0.6 is 11.3 Å². The molecule has 1 aromatic rings. The van der Waals surface area contributed by atoms with Crippen LogP contribution in [0.15, 0.2) is 11.4 Å². The summed E-state index contributed by atoms with van der Waals surface area (Å²) >= 11 is 1.29. The molecule has 0 radical (unpaired) electrons. The van der Waals surface area contributed by atoms with E-state index >= 15 is 0 Å². The molecule has 3 fully saturated rings. The molecule has 1 amide bonds. The number of Topliss-reactive ketones (excluding diaryl/α,β-unsaturated/α-hetero) is 1. The topological polar surface area (TPSA) is 92.8 Å². The quantitative estimate of drug-likeness (QED) is 0.751. The lowest BCUT2D eigenvalue weighted by Gasteiger charge is -2.29. The lowest BCUT2D eigenvalue weighted by Crippen LogP contribution is -2.41. The normalized spacial score (nSPS) is 32.8. The first-order valence-electron chi connectivity index (χ1n) is 8.70. The van der Waals surface area contributed by atoms with Gasteiger partial charge in [0.05, 0.1) is 34.9 Å². The Hall–Kier alpha value is -1.29. The van der Waals surface area contributed by atoms with Crippen LogP contribution in [0, 0.1) is 11.8 Å². The summed E-state index contributed by atoms with van der Waals surface area (Å²) in [5, 5.41) is 1.73. The molecule has 1 spiro atoms. The van der Waals surface area contributed by atoms with Gasteiger partial charge in [-0.3, -0.25) is 9.59 Å². The molecule has 3 aliphatic rings. The maximum atomic E-state index is 12.9. The average molecular weight is 399 g/mol. The van der Waals surface area contributed by atoms with Crippen LogP contribution in [0.3, 0.4) is 0 Å². The molecular weight excluding hydrogens is 376 g/mol. The average Bonchev–Trinajstić information content (AvgIpc) is 3.29. The maximum absolute atomic E-state index is 12.9. The maximum Gasteiger partial charge on any atom is 0.254 e. The van der Waals surface area contributed by atoms with Gasteiger partial charge in [-0.15, -0.1) is 11.3 Å². The lowest BCUT2D eigenvalue weighted by atomic mass is 9.74. The van der Waals surface area contributed by atoms with Crippen molar-refractivity contribution in [2.75, 3.05) is 25.9 Å². The van der Waals surface area contributed by atoms with E-state index in [1.807, 2.05) is 0 Å². The second-order valence-electron chi connectivity index (χ2n) is 7.59. The number of amides is 1. The molecule has 1 N–H and O–H groups in total. The molecule has 4 rings (SSSR count). The van der Waals surface area contributed by atoms with Crippen LogP contribution in [0.1, 0.15) is 39.8 Å². The number of carbonyl (C=O) groups is 2. The summed E-state index contributed by atoms with van der Waals surface area (Å²) in [4.78, 5) is 26.7. The number of thiophene rings is 1. The predicted octanol–water partition coefficient (Wildman–Crippen LogP) is 1.12. The third kappa shape index (κ3) is 3.00. The van der Waals surface area contributed by atoms with Crippen molar-refractivity contribution in [2.24, 2.45) is 11.8 Å². The molecule has 0 unspecified atom stereocenters. The van der Waals surface area contributed by atoms with Crippen molar-refractivity contribution in [1.29, 1.82) is 0 Å². The van der Waals surface area contributed by atoms with E-state index in [0.717, 1.165) is 19.1 Å². The number of sulfonamides is 1. The first kappa shape index (κ1) is 18.1. The molecule has 3 saturated heterocycles. The molecule has 9 heteroatoms. The highest BCUT2D eigenvalue weighted by molar-refractivity contribution is 7.88. The van der Waals surface area contributed by atoms with E-state index in [2.05, 4.69) is 4.72 Å². The van der Waals surface area contributed by atoms with Crippen LogP contribution in [-0.2, 0) is 14.8 Å². The molecule has 1 aromatic heterocycles. The Balaban J connectivity index is 1.50. The van der Waals surface area contributed by atoms with Gasteiger partial charge in [-0.25, -0.2) is 13.1 Å². The fourth-order valence-corrected chi connectivity index (χ4v) is 5.96. The zero-order valence-electron chi connectivity index (χ0n) is 14.7. The van der Waals surface area contributed by atoms with E-state index in [1.165, 1.54) is 18.3 Å². The lowest BCUT2D eigenvalue weighted by molar-refractivity contribution is 0.00325. The summed E-state index contributed by atoms with van der Waals surface area (Å²) in [5.41, 5.74) is 0.195. The Kier molecular flexibility index (Phi) is 4.26. The van der Waals surface area contributed by atoms with Crippen LogP contribution in [0.4, 0.5) is 0 Å². The van der Waals surface area contributed by atoms with E-state index in [0.29, 0.717) is 30.1 Å². The van der Waals surface area contributed by atoms with Gasteiger partial charge in [-0.1, -0.05) is 0 Å². The molecule has 2 bridgehead atoms. The van der Waals surface area contributed by atoms with Crippen molar-refractivity contribution >= 4 is 33.1 Å². The molecule has 0 aliphatic carbocycles. The van der Waals surface area contributed by atoms with E-state index in [4.69, 9.17) is 4.74 Å². The second kappa shape index (κ2) is 6.12. The Morgan fingerprint density at radius 3 is 2.88 bits per heavy atom. The van der Waals surface area contributed by atoms with Gasteiger partial charge in [0.2, 0.25) is 10.0 Å². The molecule has 3 aliphatic heterocycles. The highest BCUT2D eigenvalue weighted by Crippen LogP contribution is 2.54. The number of carbonyl (C=O) groups excluding carboxylic acids is 2. The molecule has 4 atom stereocenters. The first-order valence-corrected chi connectivity index (χ1v) is 11.5. The van der Waals surface area contributed by atoms with E-state index in [9.17, 15) is 18.0 Å². The summed E-state index contributed by atoms with van der Waals surface area (Å²) in [6, 6.07) is 1.65. The van der Waals surface area contributed by atoms with Gasteiger partial charge in [0, 0.05) is 30.3 Å². The van der Waals surface area contributed by atoms with Gasteiger partial charge in [0.25, 0.3) is 5.91 Å². The number of hydrogen-bond donors (Lipinski definition) is 1. The van der Waals surface area contributed by atoms with E-state index < -0.39 is 10.0 Å². The standard InChI is InChI=1S/C17H22N2O5S2/c1-10(20)15-5-11(8-25-15)16(21)19-7-13-12(6-18-26(2,22)23)14-3-4-17(13,9-19)24-14/h5,8,12-14,18H,3-4,6-7,9H2,1-2H3/t12-,13+,14+,17+/m0/s1. The number of rotatable bonds is 5. The zero-order valence-corrected chi connectivity index (χ0v) is 16.4. The summed E-state index contributed by atoms with van der Waals surface area (Å²) < 4.78 is 31.8. The molecule has 26 heavy (non-hydrogen) atoms. The highest BCUT2D eigenvalue weighted by atomic mass is 32.2. The van der Waals surface area contributed by atoms with Crippen molar-refractivity contribution < 1.29 is 22.7 Å². The van der Waals surface area contributed by atoms with Crippen molar-refractivity contribution in [3.63, 3.8) is 0 Å². The number of hydrogen-bond acceptors (Lipinski definition) is 6. The number of ether oxygens (including phenoxy) is 1. The van der Waals surface area contributed by atoms with Crippen molar-refractivity contribution in [1.82, 2.24) is 9.62 Å². The number of likely N-dealkylation sites (tertiary alicyclic amines) is 1. The van der Waals surface area contributed by atoms with Crippen LogP contribution in [-0.4, -0.2) is 62.6 Å². The Morgan fingerprint density at radius 2 is 2.23 bits per heavy atom. The SMILES string of the molecule is CC(=O)c1cc(C(=O)N2C[C@@H]3[C@H](CNS(C)(=O)=O)[C@H]4CC[C@]3(C2)O4)cs1. The molecule has 0 aromatic carbocycles. The molecule has 7 nitrogen and oxygen atoms in total. The van der Waals surface area contributed by atoms with Gasteiger partial charge < -0.3 is 9.64 Å². The van der Waals surface area contributed by atoms with E-state index in [-0.39, 0.29) is 35.2 Å². The molecule has 142 valence electrons. The summed E-state index contributed by atoms with van der Waals surface area (Å²) in [6.45, 7) is 2.94. The van der Waals surface area contributed by atoms with Gasteiger partial charge in [-0.05, 0) is 25.8 Å². The van der Waals surface area contributed by atoms with Crippen LogP contribution < -0.4 is 4.72 Å². The summed E-state index contributed by atoms with van der Waals surface area (Å²) in [5.74, 6) is 0.108. The fourth-order valence-electron chi connectivity index (χ4n) is 4.68. The minimum absolute atomic E-state index is 0.0418. The smallest absolute Gasteiger partial charge is 0.254 e. The second-order valence-corrected chi connectivity index (χ2v) is 10.3. The first-order chi connectivity index (χ1) is 12.2. The van der Waals surface area contributed by atoms with Gasteiger partial charge in [0.15, 0.2) is 5.78 Å². The molecular formula is C17H22N2O5S2. The number of nitrogens with zero attached hydrogens (tertiary/aromatic N) is 1. The third-order valence-electron chi connectivity index (χ3n) is 5.85. The molecule has 4 heterocycles. The predicted molar refractivity (Wildman–Crippen MR) is 96.9 cm³/mol. The fraction of sp³-hybridized carbons (Fsp3) is 0.647. The molecule has 0 saturated carbocycles. The van der Waals surface area contributed by atoms with Gasteiger partial charge in [-0.2, -0.15) is 0 Å². The third-order valence-corrected chi connectivity index (χ3v) is 7.57. The Labute approximate surface area is 156 Å². The number of fused-ring (bicyclic) bond motifs is 1. The van der Waals surface area contributed by atoms with Crippen LogP contribution in [0.25, 0.3) is 0 Å². The van der Waals surface area contributed by atoms with Gasteiger partial charge >= 0.3 is 0 Å². The van der Waals surface area contributed by atoms with E-state index in [1.54, 1.807) is 16.3 Å². The number of nitrogens with one attached hydrogen (secondary N) is 1. The zero-order chi connectivity index (χ0) is 18.7. The van der Waals surface area contributed by atoms with Crippen molar-refractivity contribution in [3.8, 4) is 0 Å². The van der Waals surface area contributed by atoms with Gasteiger partial charge in [0.1, 0.15) is 0 Å². The van der Waals surface area contributed by atoms with Crippen molar-refractivity contribution in [2.45, 2.75) is 31.5 Å². The minimum Gasteiger partial charge on any atom is -0.369 e. The van der Waals surface area contributed by atoms with Crippen molar-refractivity contribution in [3.05, 3.63) is 21.9 Å². The monoisotopic (exact) mass is 398 g/mol.